The Morgan fingerprint density at radius 2 is 1.63 bits per heavy atom. The van der Waals surface area contributed by atoms with Crippen LogP contribution >= 0.6 is 24.0 Å². The summed E-state index contributed by atoms with van der Waals surface area (Å²) in [6, 6.07) is 18.5. The average molecular weight is 482 g/mol. The third kappa shape index (κ3) is 9.63. The van der Waals surface area contributed by atoms with E-state index in [4.69, 9.17) is 4.74 Å². The van der Waals surface area contributed by atoms with E-state index < -0.39 is 0 Å². The molecule has 0 amide bonds. The third-order valence-electron chi connectivity index (χ3n) is 3.69. The van der Waals surface area contributed by atoms with Crippen LogP contribution in [-0.2, 0) is 13.1 Å². The van der Waals surface area contributed by atoms with Crippen molar-refractivity contribution in [2.75, 3.05) is 33.8 Å². The van der Waals surface area contributed by atoms with Crippen molar-refractivity contribution in [3.63, 3.8) is 0 Å². The lowest BCUT2D eigenvalue weighted by molar-refractivity contribution is 0.322. The van der Waals surface area contributed by atoms with Crippen molar-refractivity contribution in [1.82, 2.24) is 15.5 Å². The number of nitrogens with one attached hydrogen (secondary N) is 2. The first-order valence-electron chi connectivity index (χ1n) is 9.10. The normalized spacial score (nSPS) is 11.0. The van der Waals surface area contributed by atoms with Crippen LogP contribution in [0.2, 0.25) is 0 Å². The number of hydrogen-bond acceptors (Lipinski definition) is 3. The number of guanidine groups is 1. The van der Waals surface area contributed by atoms with E-state index >= 15 is 0 Å². The van der Waals surface area contributed by atoms with Gasteiger partial charge in [-0.1, -0.05) is 42.5 Å². The number of aliphatic imine (C=N–C) groups is 1. The summed E-state index contributed by atoms with van der Waals surface area (Å²) < 4.78 is 5.69. The molecule has 148 valence electrons. The van der Waals surface area contributed by atoms with Crippen LogP contribution in [-0.4, -0.2) is 44.7 Å². The number of benzene rings is 2. The van der Waals surface area contributed by atoms with Crippen LogP contribution in [0.4, 0.5) is 0 Å². The van der Waals surface area contributed by atoms with Gasteiger partial charge in [0.2, 0.25) is 0 Å². The van der Waals surface area contributed by atoms with Crippen LogP contribution in [0, 0.1) is 0 Å². The molecule has 2 rings (SSSR count). The molecule has 0 aliphatic heterocycles. The Kier molecular flexibility index (Phi) is 11.5. The van der Waals surface area contributed by atoms with Crippen LogP contribution in [0.15, 0.2) is 59.6 Å². The summed E-state index contributed by atoms with van der Waals surface area (Å²) in [5, 5.41) is 6.57. The van der Waals surface area contributed by atoms with E-state index in [1.54, 1.807) is 0 Å². The first-order chi connectivity index (χ1) is 12.7. The molecule has 5 nitrogen and oxygen atoms in total. The van der Waals surface area contributed by atoms with E-state index in [9.17, 15) is 0 Å². The largest absolute Gasteiger partial charge is 0.492 e. The van der Waals surface area contributed by atoms with Crippen molar-refractivity contribution in [1.29, 1.82) is 0 Å². The highest BCUT2D eigenvalue weighted by molar-refractivity contribution is 14.0. The maximum atomic E-state index is 5.69. The fourth-order valence-corrected chi connectivity index (χ4v) is 2.48. The predicted molar refractivity (Wildman–Crippen MR) is 124 cm³/mol. The minimum Gasteiger partial charge on any atom is -0.492 e. The zero-order valence-corrected chi connectivity index (χ0v) is 18.8. The highest BCUT2D eigenvalue weighted by Gasteiger charge is 1.99. The summed E-state index contributed by atoms with van der Waals surface area (Å²) in [6.45, 7) is 5.78. The van der Waals surface area contributed by atoms with E-state index in [0.29, 0.717) is 19.7 Å². The smallest absolute Gasteiger partial charge is 0.191 e. The highest BCUT2D eigenvalue weighted by Crippen LogP contribution is 2.08. The van der Waals surface area contributed by atoms with Gasteiger partial charge in [0.15, 0.2) is 5.96 Å². The molecule has 0 fully saturated rings. The third-order valence-corrected chi connectivity index (χ3v) is 3.69. The van der Waals surface area contributed by atoms with E-state index in [1.807, 2.05) is 30.3 Å². The Morgan fingerprint density at radius 1 is 0.963 bits per heavy atom. The second-order valence-corrected chi connectivity index (χ2v) is 6.34. The lowest BCUT2D eigenvalue weighted by atomic mass is 10.1. The van der Waals surface area contributed by atoms with E-state index in [0.717, 1.165) is 24.8 Å². The van der Waals surface area contributed by atoms with Crippen molar-refractivity contribution in [3.05, 3.63) is 65.7 Å². The molecule has 2 N–H and O–H groups in total. The number of rotatable bonds is 9. The molecule has 0 aromatic heterocycles. The van der Waals surface area contributed by atoms with Gasteiger partial charge in [-0.05, 0) is 44.3 Å². The monoisotopic (exact) mass is 482 g/mol. The molecule has 0 aliphatic rings. The first-order valence-corrected chi connectivity index (χ1v) is 9.10. The van der Waals surface area contributed by atoms with Gasteiger partial charge in [-0.25, -0.2) is 4.99 Å². The summed E-state index contributed by atoms with van der Waals surface area (Å²) in [5.74, 6) is 1.69. The predicted octanol–water partition coefficient (Wildman–Crippen LogP) is 3.50. The van der Waals surface area contributed by atoms with Crippen LogP contribution in [0.1, 0.15) is 18.1 Å². The quantitative estimate of drug-likeness (QED) is 0.249. The molecular weight excluding hydrogens is 451 g/mol. The molecule has 0 radical (unpaired) electrons. The van der Waals surface area contributed by atoms with Gasteiger partial charge in [-0.3, -0.25) is 0 Å². The first kappa shape index (κ1) is 23.2. The Bertz CT molecular complexity index is 660. The standard InChI is InChI=1S/C21H30N4O.HI/c1-4-22-21(23-14-15-26-20-8-6-5-7-9-20)24-16-18-10-12-19(13-11-18)17-25(2)3;/h5-13H,4,14-17H2,1-3H3,(H2,22,23,24);1H. The molecule has 2 aromatic carbocycles. The summed E-state index contributed by atoms with van der Waals surface area (Å²) in [5.41, 5.74) is 2.51. The van der Waals surface area contributed by atoms with Crippen molar-refractivity contribution in [2.45, 2.75) is 20.0 Å². The minimum atomic E-state index is 0. The number of nitrogens with zero attached hydrogens (tertiary/aromatic N) is 2. The zero-order valence-electron chi connectivity index (χ0n) is 16.4. The van der Waals surface area contributed by atoms with Gasteiger partial charge in [-0.2, -0.15) is 0 Å². The highest BCUT2D eigenvalue weighted by atomic mass is 127. The lowest BCUT2D eigenvalue weighted by Gasteiger charge is -2.12. The Morgan fingerprint density at radius 3 is 2.26 bits per heavy atom. The van der Waals surface area contributed by atoms with Gasteiger partial charge in [0, 0.05) is 13.1 Å². The van der Waals surface area contributed by atoms with Crippen molar-refractivity contribution in [2.24, 2.45) is 4.99 Å². The Balaban J connectivity index is 0.00000364. The van der Waals surface area contributed by atoms with Gasteiger partial charge in [0.05, 0.1) is 13.1 Å². The number of halogens is 1. The summed E-state index contributed by atoms with van der Waals surface area (Å²) in [6.07, 6.45) is 0. The van der Waals surface area contributed by atoms with Crippen molar-refractivity contribution in [3.8, 4) is 5.75 Å². The number of hydrogen-bond donors (Lipinski definition) is 2. The molecule has 27 heavy (non-hydrogen) atoms. The lowest BCUT2D eigenvalue weighted by Crippen LogP contribution is -2.39. The molecule has 6 heteroatoms. The maximum Gasteiger partial charge on any atom is 0.191 e. The molecule has 0 atom stereocenters. The number of para-hydroxylation sites is 1. The second kappa shape index (κ2) is 13.4. The van der Waals surface area contributed by atoms with Crippen LogP contribution in [0.5, 0.6) is 5.75 Å². The van der Waals surface area contributed by atoms with E-state index in [2.05, 4.69) is 65.8 Å². The molecule has 0 heterocycles. The fraction of sp³-hybridized carbons (Fsp3) is 0.381. The Labute approximate surface area is 180 Å². The SMILES string of the molecule is CCNC(=NCc1ccc(CN(C)C)cc1)NCCOc1ccccc1.I. The second-order valence-electron chi connectivity index (χ2n) is 6.34. The molecule has 0 unspecified atom stereocenters. The molecule has 0 bridgehead atoms. The molecular formula is C21H31IN4O. The summed E-state index contributed by atoms with van der Waals surface area (Å²) in [7, 11) is 4.15. The van der Waals surface area contributed by atoms with Crippen LogP contribution in [0.25, 0.3) is 0 Å². The molecule has 2 aromatic rings. The van der Waals surface area contributed by atoms with E-state index in [1.165, 1.54) is 11.1 Å². The van der Waals surface area contributed by atoms with Gasteiger partial charge in [0.1, 0.15) is 12.4 Å². The topological polar surface area (TPSA) is 48.9 Å². The van der Waals surface area contributed by atoms with Crippen molar-refractivity contribution < 1.29 is 4.74 Å². The van der Waals surface area contributed by atoms with Crippen LogP contribution < -0.4 is 15.4 Å². The Hall–Kier alpha value is -1.80. The van der Waals surface area contributed by atoms with Gasteiger partial charge in [-0.15, -0.1) is 24.0 Å². The van der Waals surface area contributed by atoms with Gasteiger partial charge < -0.3 is 20.3 Å². The molecule has 0 saturated carbocycles. The average Bonchev–Trinajstić information content (AvgIpc) is 2.64. The summed E-state index contributed by atoms with van der Waals surface area (Å²) in [4.78, 5) is 6.81. The van der Waals surface area contributed by atoms with Crippen molar-refractivity contribution >= 4 is 29.9 Å². The summed E-state index contributed by atoms with van der Waals surface area (Å²) >= 11 is 0. The van der Waals surface area contributed by atoms with Crippen LogP contribution in [0.3, 0.4) is 0 Å². The maximum absolute atomic E-state index is 5.69. The molecule has 0 aliphatic carbocycles. The van der Waals surface area contributed by atoms with Gasteiger partial charge in [0.25, 0.3) is 0 Å². The number of ether oxygens (including phenoxy) is 1. The molecule has 0 spiro atoms. The minimum absolute atomic E-state index is 0. The zero-order chi connectivity index (χ0) is 18.6. The fourth-order valence-electron chi connectivity index (χ4n) is 2.48. The van der Waals surface area contributed by atoms with Gasteiger partial charge >= 0.3 is 0 Å². The molecule has 0 saturated heterocycles. The van der Waals surface area contributed by atoms with E-state index in [-0.39, 0.29) is 24.0 Å².